The van der Waals surface area contributed by atoms with Crippen molar-refractivity contribution in [2.45, 2.75) is 341 Å². The summed E-state index contributed by atoms with van der Waals surface area (Å²) in [6.45, 7) is 4.69. The van der Waals surface area contributed by atoms with Gasteiger partial charge < -0.3 is 28.8 Å². The zero-order valence-electron chi connectivity index (χ0n) is 48.5. The SMILES string of the molecule is CCCCCCCCCCCCCC/C=C/C(O)C(COP(=O)([O-])OCC[N+](C)(C)C)NC(=O)CCCCCCCCCCCCCCCCCCCCCCCCCCCCCCCCCCCCC. The minimum Gasteiger partial charge on any atom is -0.756 e. The van der Waals surface area contributed by atoms with Gasteiger partial charge in [0.05, 0.1) is 39.9 Å². The number of phosphoric ester groups is 1. The number of phosphoric acid groups is 1. The van der Waals surface area contributed by atoms with Crippen molar-refractivity contribution in [1.29, 1.82) is 0 Å². The molecule has 2 N–H and O–H groups in total. The number of aliphatic hydroxyl groups excluding tert-OH is 1. The average molecular weight is 1030 g/mol. The summed E-state index contributed by atoms with van der Waals surface area (Å²) in [5, 5.41) is 13.9. The first-order chi connectivity index (χ1) is 34.5. The van der Waals surface area contributed by atoms with Crippen molar-refractivity contribution in [1.82, 2.24) is 5.32 Å². The Balaban J connectivity index is 3.91. The minimum atomic E-state index is -4.59. The molecule has 0 aliphatic rings. The maximum absolute atomic E-state index is 13.0. The highest BCUT2D eigenvalue weighted by Crippen LogP contribution is 2.38. The van der Waals surface area contributed by atoms with Gasteiger partial charge in [-0.3, -0.25) is 9.36 Å². The van der Waals surface area contributed by atoms with Crippen LogP contribution < -0.4 is 10.2 Å². The lowest BCUT2D eigenvalue weighted by molar-refractivity contribution is -0.870. The van der Waals surface area contributed by atoms with Crippen LogP contribution in [0, 0.1) is 0 Å². The number of aliphatic hydroxyl groups is 1. The summed E-state index contributed by atoms with van der Waals surface area (Å²) in [6, 6.07) is -0.881. The van der Waals surface area contributed by atoms with Gasteiger partial charge >= 0.3 is 0 Å². The molecule has 0 aromatic heterocycles. The van der Waals surface area contributed by atoms with Crippen LogP contribution in [-0.2, 0) is 18.4 Å². The predicted molar refractivity (Wildman–Crippen MR) is 307 cm³/mol. The van der Waals surface area contributed by atoms with E-state index in [9.17, 15) is 19.4 Å². The van der Waals surface area contributed by atoms with Crippen molar-refractivity contribution in [3.05, 3.63) is 12.2 Å². The van der Waals surface area contributed by atoms with E-state index in [2.05, 4.69) is 19.2 Å². The number of allylic oxidation sites excluding steroid dienone is 1. The topological polar surface area (TPSA) is 108 Å². The summed E-state index contributed by atoms with van der Waals surface area (Å²) in [6.07, 6.45) is 67.5. The van der Waals surface area contributed by atoms with Crippen LogP contribution in [0.5, 0.6) is 0 Å². The van der Waals surface area contributed by atoms with Crippen LogP contribution in [0.3, 0.4) is 0 Å². The lowest BCUT2D eigenvalue weighted by Gasteiger charge is -2.29. The van der Waals surface area contributed by atoms with Crippen molar-refractivity contribution in [3.8, 4) is 0 Å². The number of likely N-dealkylation sites (N-methyl/N-ethyl adjacent to an activating group) is 1. The lowest BCUT2D eigenvalue weighted by Crippen LogP contribution is -2.45. The largest absolute Gasteiger partial charge is 0.756 e. The molecule has 8 nitrogen and oxygen atoms in total. The molecule has 0 rings (SSSR count). The monoisotopic (exact) mass is 1020 g/mol. The molecule has 424 valence electrons. The third-order valence-electron chi connectivity index (χ3n) is 14.7. The molecule has 0 fully saturated rings. The van der Waals surface area contributed by atoms with E-state index in [1.807, 2.05) is 27.2 Å². The molecule has 0 aromatic carbocycles. The normalized spacial score (nSPS) is 13.8. The Morgan fingerprint density at radius 2 is 0.761 bits per heavy atom. The van der Waals surface area contributed by atoms with Gasteiger partial charge in [-0.15, -0.1) is 0 Å². The fourth-order valence-corrected chi connectivity index (χ4v) is 10.5. The van der Waals surface area contributed by atoms with E-state index in [4.69, 9.17) is 9.05 Å². The predicted octanol–water partition coefficient (Wildman–Crippen LogP) is 18.8. The fraction of sp³-hybridized carbons (Fsp3) is 0.952. The Hall–Kier alpha value is -0.760. The van der Waals surface area contributed by atoms with Crippen molar-refractivity contribution < 1.29 is 32.9 Å². The molecule has 0 aromatic rings. The summed E-state index contributed by atoms with van der Waals surface area (Å²) in [5.74, 6) is -0.190. The zero-order chi connectivity index (χ0) is 52.0. The van der Waals surface area contributed by atoms with Crippen molar-refractivity contribution in [3.63, 3.8) is 0 Å². The molecule has 0 radical (unpaired) electrons. The maximum Gasteiger partial charge on any atom is 0.268 e. The maximum atomic E-state index is 13.0. The second kappa shape index (κ2) is 54.0. The first kappa shape index (κ1) is 70.2. The molecule has 0 saturated heterocycles. The summed E-state index contributed by atoms with van der Waals surface area (Å²) < 4.78 is 23.3. The number of hydrogen-bond donors (Lipinski definition) is 2. The first-order valence-electron chi connectivity index (χ1n) is 31.6. The van der Waals surface area contributed by atoms with E-state index in [0.717, 1.165) is 38.5 Å². The third kappa shape index (κ3) is 56.8. The van der Waals surface area contributed by atoms with Crippen LogP contribution >= 0.6 is 7.82 Å². The fourth-order valence-electron chi connectivity index (χ4n) is 9.81. The average Bonchev–Trinajstić information content (AvgIpc) is 3.33. The number of carbonyl (C=O) groups excluding carboxylic acids is 1. The van der Waals surface area contributed by atoms with Crippen LogP contribution in [0.4, 0.5) is 0 Å². The van der Waals surface area contributed by atoms with Crippen molar-refractivity contribution in [2.75, 3.05) is 40.9 Å². The third-order valence-corrected chi connectivity index (χ3v) is 15.7. The van der Waals surface area contributed by atoms with Gasteiger partial charge in [0.1, 0.15) is 13.2 Å². The van der Waals surface area contributed by atoms with Gasteiger partial charge in [-0.1, -0.05) is 315 Å². The number of quaternary nitrogens is 1. The van der Waals surface area contributed by atoms with Crippen LogP contribution in [0.1, 0.15) is 328 Å². The Kier molecular flexibility index (Phi) is 53.5. The molecule has 0 aliphatic carbocycles. The van der Waals surface area contributed by atoms with Crippen molar-refractivity contribution >= 4 is 13.7 Å². The summed E-state index contributed by atoms with van der Waals surface area (Å²) >= 11 is 0. The van der Waals surface area contributed by atoms with E-state index in [0.29, 0.717) is 17.4 Å². The molecule has 0 heterocycles. The van der Waals surface area contributed by atoms with Crippen LogP contribution in [0.15, 0.2) is 12.2 Å². The molecule has 0 saturated carbocycles. The Bertz CT molecular complexity index is 1160. The summed E-state index contributed by atoms with van der Waals surface area (Å²) in [4.78, 5) is 25.5. The van der Waals surface area contributed by atoms with Gasteiger partial charge in [-0.25, -0.2) is 0 Å². The number of nitrogens with one attached hydrogen (secondary N) is 1. The number of unbranched alkanes of at least 4 members (excludes halogenated alkanes) is 46. The Morgan fingerprint density at radius 1 is 0.479 bits per heavy atom. The molecule has 3 unspecified atom stereocenters. The van der Waals surface area contributed by atoms with Crippen LogP contribution in [0.2, 0.25) is 0 Å². The quantitative estimate of drug-likeness (QED) is 0.0272. The van der Waals surface area contributed by atoms with E-state index in [-0.39, 0.29) is 19.1 Å². The standard InChI is InChI=1S/C62H125N2O6P/c1-6-8-10-12-14-16-18-20-22-23-24-25-26-27-28-29-30-31-32-33-34-35-36-37-38-39-40-41-42-44-46-48-50-52-54-56-62(66)63-60(59-70-71(67,68)69-58-57-64(3,4)5)61(65)55-53-51-49-47-45-43-21-19-17-15-13-11-9-7-2/h53,55,60-61,65H,6-52,54,56-59H2,1-5H3,(H-,63,66,67,68)/b55-53+. The van der Waals surface area contributed by atoms with Gasteiger partial charge in [0, 0.05) is 6.42 Å². The molecule has 0 aliphatic heterocycles. The number of rotatable bonds is 59. The Morgan fingerprint density at radius 3 is 1.06 bits per heavy atom. The van der Waals surface area contributed by atoms with Gasteiger partial charge in [0.15, 0.2) is 0 Å². The molecule has 0 bridgehead atoms. The molecule has 9 heteroatoms. The Labute approximate surface area is 443 Å². The molecule has 71 heavy (non-hydrogen) atoms. The highest BCUT2D eigenvalue weighted by molar-refractivity contribution is 7.45. The van der Waals surface area contributed by atoms with E-state index in [1.165, 1.54) is 270 Å². The number of nitrogens with zero attached hydrogens (tertiary/aromatic N) is 1. The summed E-state index contributed by atoms with van der Waals surface area (Å²) in [5.41, 5.74) is 0. The van der Waals surface area contributed by atoms with Crippen LogP contribution in [-0.4, -0.2) is 68.5 Å². The molecular formula is C62H125N2O6P. The van der Waals surface area contributed by atoms with E-state index >= 15 is 0 Å². The zero-order valence-corrected chi connectivity index (χ0v) is 49.4. The molecule has 1 amide bonds. The molecule has 3 atom stereocenters. The van der Waals surface area contributed by atoms with Crippen molar-refractivity contribution in [2.24, 2.45) is 0 Å². The van der Waals surface area contributed by atoms with Gasteiger partial charge in [0.2, 0.25) is 5.91 Å². The van der Waals surface area contributed by atoms with Gasteiger partial charge in [0.25, 0.3) is 7.82 Å². The second-order valence-electron chi connectivity index (χ2n) is 23.1. The lowest BCUT2D eigenvalue weighted by atomic mass is 10.0. The molecule has 0 spiro atoms. The summed E-state index contributed by atoms with van der Waals surface area (Å²) in [7, 11) is 1.28. The highest BCUT2D eigenvalue weighted by Gasteiger charge is 2.23. The van der Waals surface area contributed by atoms with Gasteiger partial charge in [-0.2, -0.15) is 0 Å². The number of carbonyl (C=O) groups is 1. The number of amides is 1. The first-order valence-corrected chi connectivity index (χ1v) is 33.0. The van der Waals surface area contributed by atoms with E-state index < -0.39 is 20.0 Å². The highest BCUT2D eigenvalue weighted by atomic mass is 31.2. The second-order valence-corrected chi connectivity index (χ2v) is 24.5. The smallest absolute Gasteiger partial charge is 0.268 e. The molecular weight excluding hydrogens is 900 g/mol. The minimum absolute atomic E-state index is 0.00254. The van der Waals surface area contributed by atoms with E-state index in [1.54, 1.807) is 6.08 Å². The van der Waals surface area contributed by atoms with Crippen LogP contribution in [0.25, 0.3) is 0 Å². The number of hydrogen-bond acceptors (Lipinski definition) is 6. The van der Waals surface area contributed by atoms with Gasteiger partial charge in [-0.05, 0) is 19.3 Å².